The summed E-state index contributed by atoms with van der Waals surface area (Å²) < 4.78 is 5.46. The van der Waals surface area contributed by atoms with Crippen molar-refractivity contribution < 1.29 is 9.53 Å². The first-order valence-electron chi connectivity index (χ1n) is 12.1. The molecule has 5 heteroatoms. The van der Waals surface area contributed by atoms with Crippen molar-refractivity contribution in [3.63, 3.8) is 0 Å². The second-order valence-corrected chi connectivity index (χ2v) is 9.19. The van der Waals surface area contributed by atoms with E-state index in [1.165, 1.54) is 33.2 Å². The molecule has 0 saturated carbocycles. The number of carbonyl (C=O) groups excluding carboxylic acids is 1. The van der Waals surface area contributed by atoms with Gasteiger partial charge in [0, 0.05) is 49.3 Å². The van der Waals surface area contributed by atoms with Gasteiger partial charge in [-0.3, -0.25) is 9.69 Å². The van der Waals surface area contributed by atoms with E-state index in [2.05, 4.69) is 66.3 Å². The number of fused-ring (bicyclic) bond motifs is 2. The van der Waals surface area contributed by atoms with E-state index in [9.17, 15) is 4.79 Å². The standard InChI is InChI=1S/C28H33N3O2/c1-4-12-30(5-2)28(32)21-14-24-23-10-7-11-25-27(23)20(16-29-25)15-26(24)31(18-21)17-19-8-6-9-22(13-19)33-3/h6-11,13-14,16,21,26,29H,4-5,12,15,17-18H2,1-3H3/t21-,26-/m1/s1. The lowest BCUT2D eigenvalue weighted by atomic mass is 9.79. The van der Waals surface area contributed by atoms with E-state index in [-0.39, 0.29) is 17.9 Å². The third-order valence-electron chi connectivity index (χ3n) is 7.15. The van der Waals surface area contributed by atoms with Crippen LogP contribution in [0.25, 0.3) is 16.5 Å². The summed E-state index contributed by atoms with van der Waals surface area (Å²) in [5.74, 6) is 0.978. The van der Waals surface area contributed by atoms with Crippen LogP contribution in [0.3, 0.4) is 0 Å². The number of methoxy groups -OCH3 is 1. The molecule has 1 aliphatic heterocycles. The van der Waals surface area contributed by atoms with E-state index < -0.39 is 0 Å². The molecule has 1 aliphatic carbocycles. The number of aromatic amines is 1. The molecule has 5 rings (SSSR count). The summed E-state index contributed by atoms with van der Waals surface area (Å²) in [5.41, 5.74) is 6.32. The average Bonchev–Trinajstić information content (AvgIpc) is 3.27. The third kappa shape index (κ3) is 3.95. The van der Waals surface area contributed by atoms with Crippen LogP contribution in [0.5, 0.6) is 5.75 Å². The van der Waals surface area contributed by atoms with Gasteiger partial charge >= 0.3 is 0 Å². The maximum Gasteiger partial charge on any atom is 0.230 e. The van der Waals surface area contributed by atoms with E-state index in [4.69, 9.17) is 4.74 Å². The van der Waals surface area contributed by atoms with Crippen LogP contribution >= 0.6 is 0 Å². The topological polar surface area (TPSA) is 48.6 Å². The van der Waals surface area contributed by atoms with Crippen molar-refractivity contribution in [2.24, 2.45) is 5.92 Å². The lowest BCUT2D eigenvalue weighted by Gasteiger charge is -2.42. The Kier molecular flexibility index (Phi) is 5.98. The zero-order chi connectivity index (χ0) is 22.9. The molecule has 5 nitrogen and oxygen atoms in total. The van der Waals surface area contributed by atoms with Crippen molar-refractivity contribution in [3.8, 4) is 5.75 Å². The summed E-state index contributed by atoms with van der Waals surface area (Å²) in [4.78, 5) is 21.5. The fourth-order valence-corrected chi connectivity index (χ4v) is 5.59. The first kappa shape index (κ1) is 21.8. The number of H-pyrrole nitrogens is 1. The van der Waals surface area contributed by atoms with Gasteiger partial charge in [-0.05, 0) is 60.2 Å². The Morgan fingerprint density at radius 2 is 2.06 bits per heavy atom. The molecule has 2 heterocycles. The highest BCUT2D eigenvalue weighted by Gasteiger charge is 2.38. The summed E-state index contributed by atoms with van der Waals surface area (Å²) in [7, 11) is 1.71. The smallest absolute Gasteiger partial charge is 0.230 e. The average molecular weight is 444 g/mol. The molecule has 3 aromatic rings. The minimum atomic E-state index is -0.135. The van der Waals surface area contributed by atoms with Gasteiger partial charge in [-0.1, -0.05) is 37.3 Å². The van der Waals surface area contributed by atoms with Crippen molar-refractivity contribution in [2.45, 2.75) is 39.3 Å². The molecule has 0 fully saturated rings. The molecule has 0 unspecified atom stereocenters. The Morgan fingerprint density at radius 3 is 2.85 bits per heavy atom. The van der Waals surface area contributed by atoms with Crippen molar-refractivity contribution in [3.05, 3.63) is 71.4 Å². The predicted molar refractivity (Wildman–Crippen MR) is 133 cm³/mol. The van der Waals surface area contributed by atoms with Gasteiger partial charge in [-0.25, -0.2) is 0 Å². The van der Waals surface area contributed by atoms with Gasteiger partial charge < -0.3 is 14.6 Å². The second-order valence-electron chi connectivity index (χ2n) is 9.19. The van der Waals surface area contributed by atoms with Gasteiger partial charge in [-0.15, -0.1) is 0 Å². The minimum Gasteiger partial charge on any atom is -0.497 e. The molecule has 1 N–H and O–H groups in total. The lowest BCUT2D eigenvalue weighted by Crippen LogP contribution is -2.49. The number of nitrogens with one attached hydrogen (secondary N) is 1. The highest BCUT2D eigenvalue weighted by molar-refractivity contribution is 5.99. The summed E-state index contributed by atoms with van der Waals surface area (Å²) >= 11 is 0. The Hall–Kier alpha value is -3.05. The summed E-state index contributed by atoms with van der Waals surface area (Å²) in [6, 6.07) is 15.0. The molecule has 1 aromatic heterocycles. The van der Waals surface area contributed by atoms with Crippen LogP contribution in [0.2, 0.25) is 0 Å². The normalized spacial score (nSPS) is 19.8. The van der Waals surface area contributed by atoms with Crippen LogP contribution in [0, 0.1) is 5.92 Å². The van der Waals surface area contributed by atoms with Crippen molar-refractivity contribution in [2.75, 3.05) is 26.7 Å². The lowest BCUT2D eigenvalue weighted by molar-refractivity contribution is -0.134. The van der Waals surface area contributed by atoms with E-state index in [0.29, 0.717) is 0 Å². The number of amides is 1. The van der Waals surface area contributed by atoms with Crippen molar-refractivity contribution >= 4 is 22.4 Å². The number of aromatic nitrogens is 1. The molecule has 2 aromatic carbocycles. The second kappa shape index (κ2) is 9.06. The summed E-state index contributed by atoms with van der Waals surface area (Å²) in [6.07, 6.45) is 6.37. The zero-order valence-electron chi connectivity index (χ0n) is 19.8. The molecule has 33 heavy (non-hydrogen) atoms. The predicted octanol–water partition coefficient (Wildman–Crippen LogP) is 4.88. The molecule has 2 aliphatic rings. The van der Waals surface area contributed by atoms with Crippen LogP contribution < -0.4 is 4.74 Å². The first-order chi connectivity index (χ1) is 16.1. The van der Waals surface area contributed by atoms with Gasteiger partial charge in [0.1, 0.15) is 5.75 Å². The van der Waals surface area contributed by atoms with Crippen LogP contribution in [0.1, 0.15) is 37.0 Å². The maximum absolute atomic E-state index is 13.6. The fraction of sp³-hybridized carbons (Fsp3) is 0.393. The first-order valence-corrected chi connectivity index (χ1v) is 12.1. The van der Waals surface area contributed by atoms with Crippen LogP contribution in [0.4, 0.5) is 0 Å². The number of hydrogen-bond acceptors (Lipinski definition) is 3. The molecular formula is C28H33N3O2. The third-order valence-corrected chi connectivity index (χ3v) is 7.15. The Bertz CT molecular complexity index is 1190. The maximum atomic E-state index is 13.6. The zero-order valence-corrected chi connectivity index (χ0v) is 19.8. The number of rotatable bonds is 7. The molecule has 0 saturated heterocycles. The highest BCUT2D eigenvalue weighted by atomic mass is 16.5. The van der Waals surface area contributed by atoms with Gasteiger partial charge in [0.15, 0.2) is 0 Å². The minimum absolute atomic E-state index is 0.135. The molecule has 2 atom stereocenters. The summed E-state index contributed by atoms with van der Waals surface area (Å²) in [6.45, 7) is 7.30. The van der Waals surface area contributed by atoms with Crippen LogP contribution in [-0.2, 0) is 17.8 Å². The molecule has 0 bridgehead atoms. The van der Waals surface area contributed by atoms with Crippen molar-refractivity contribution in [1.82, 2.24) is 14.8 Å². The number of ether oxygens (including phenoxy) is 1. The highest BCUT2D eigenvalue weighted by Crippen LogP contribution is 2.42. The van der Waals surface area contributed by atoms with Gasteiger partial charge in [0.25, 0.3) is 0 Å². The molecule has 172 valence electrons. The molecule has 0 radical (unpaired) electrons. The Balaban J connectivity index is 1.55. The quantitative estimate of drug-likeness (QED) is 0.566. The number of benzene rings is 2. The van der Waals surface area contributed by atoms with E-state index in [1.54, 1.807) is 7.11 Å². The van der Waals surface area contributed by atoms with E-state index in [1.807, 2.05) is 17.0 Å². The largest absolute Gasteiger partial charge is 0.497 e. The van der Waals surface area contributed by atoms with Gasteiger partial charge in [0.05, 0.1) is 13.0 Å². The Morgan fingerprint density at radius 1 is 1.21 bits per heavy atom. The molecule has 1 amide bonds. The molecular weight excluding hydrogens is 410 g/mol. The monoisotopic (exact) mass is 443 g/mol. The van der Waals surface area contributed by atoms with E-state index >= 15 is 0 Å². The summed E-state index contributed by atoms with van der Waals surface area (Å²) in [5, 5.41) is 1.32. The number of carbonyl (C=O) groups is 1. The van der Waals surface area contributed by atoms with Crippen LogP contribution in [0.15, 0.2) is 54.7 Å². The fourth-order valence-electron chi connectivity index (χ4n) is 5.59. The Labute approximate surface area is 196 Å². The van der Waals surface area contributed by atoms with Gasteiger partial charge in [0.2, 0.25) is 5.91 Å². The number of nitrogens with zero attached hydrogens (tertiary/aromatic N) is 2. The number of hydrogen-bond donors (Lipinski definition) is 1. The van der Waals surface area contributed by atoms with Gasteiger partial charge in [-0.2, -0.15) is 0 Å². The molecule has 0 spiro atoms. The SMILES string of the molecule is CCCN(CC)C(=O)[C@@H]1C=C2c3cccc4[nH]cc(c34)C[C@H]2N(Cc2cccc(OC)c2)C1. The van der Waals surface area contributed by atoms with Crippen LogP contribution in [-0.4, -0.2) is 53.5 Å². The van der Waals surface area contributed by atoms with Crippen molar-refractivity contribution in [1.29, 1.82) is 0 Å². The van der Waals surface area contributed by atoms with E-state index in [0.717, 1.165) is 44.8 Å².